The number of anilines is 1. The highest BCUT2D eigenvalue weighted by atomic mass is 32.2. The Labute approximate surface area is 117 Å². The standard InChI is InChI=1S/C15H16N2OS/c1-11(2)19-14-6-4-3-5-13(14)15(18)17-12-7-9-16-10-8-12/h3-11H,1-2H3,(H,16,17,18). The van der Waals surface area contributed by atoms with E-state index in [0.717, 1.165) is 10.6 Å². The van der Waals surface area contributed by atoms with Crippen molar-refractivity contribution in [2.75, 3.05) is 5.32 Å². The number of benzene rings is 1. The number of carbonyl (C=O) groups excluding carboxylic acids is 1. The van der Waals surface area contributed by atoms with Crippen LogP contribution in [0.5, 0.6) is 0 Å². The van der Waals surface area contributed by atoms with E-state index < -0.39 is 0 Å². The van der Waals surface area contributed by atoms with Crippen LogP contribution in [0.1, 0.15) is 24.2 Å². The molecule has 3 nitrogen and oxygen atoms in total. The maximum absolute atomic E-state index is 12.3. The summed E-state index contributed by atoms with van der Waals surface area (Å²) in [7, 11) is 0. The lowest BCUT2D eigenvalue weighted by Gasteiger charge is -2.11. The molecule has 1 aromatic carbocycles. The summed E-state index contributed by atoms with van der Waals surface area (Å²) in [6.07, 6.45) is 3.31. The zero-order chi connectivity index (χ0) is 13.7. The second kappa shape index (κ2) is 6.38. The number of aromatic nitrogens is 1. The number of amides is 1. The number of nitrogens with one attached hydrogen (secondary N) is 1. The van der Waals surface area contributed by atoms with Crippen molar-refractivity contribution >= 4 is 23.4 Å². The minimum Gasteiger partial charge on any atom is -0.322 e. The number of carbonyl (C=O) groups is 1. The first-order valence-electron chi connectivity index (χ1n) is 6.14. The average molecular weight is 272 g/mol. The summed E-state index contributed by atoms with van der Waals surface area (Å²) < 4.78 is 0. The fourth-order valence-corrected chi connectivity index (χ4v) is 2.60. The van der Waals surface area contributed by atoms with Gasteiger partial charge in [-0.05, 0) is 24.3 Å². The Morgan fingerprint density at radius 2 is 1.84 bits per heavy atom. The van der Waals surface area contributed by atoms with Crippen LogP contribution in [-0.2, 0) is 0 Å². The highest BCUT2D eigenvalue weighted by Gasteiger charge is 2.12. The highest BCUT2D eigenvalue weighted by Crippen LogP contribution is 2.27. The number of nitrogens with zero attached hydrogens (tertiary/aromatic N) is 1. The van der Waals surface area contributed by atoms with E-state index >= 15 is 0 Å². The molecule has 4 heteroatoms. The number of hydrogen-bond acceptors (Lipinski definition) is 3. The normalized spacial score (nSPS) is 10.5. The molecule has 1 N–H and O–H groups in total. The Kier molecular flexibility index (Phi) is 4.58. The molecule has 98 valence electrons. The Hall–Kier alpha value is -1.81. The van der Waals surface area contributed by atoms with Gasteiger partial charge < -0.3 is 5.32 Å². The van der Waals surface area contributed by atoms with Crippen LogP contribution >= 0.6 is 11.8 Å². The predicted molar refractivity (Wildman–Crippen MR) is 79.6 cm³/mol. The lowest BCUT2D eigenvalue weighted by atomic mass is 10.2. The summed E-state index contributed by atoms with van der Waals surface area (Å²) in [6.45, 7) is 4.23. The van der Waals surface area contributed by atoms with Crippen molar-refractivity contribution in [1.82, 2.24) is 4.98 Å². The fourth-order valence-electron chi connectivity index (χ4n) is 1.64. The molecule has 0 aliphatic heterocycles. The summed E-state index contributed by atoms with van der Waals surface area (Å²) in [5.41, 5.74) is 1.46. The molecule has 1 amide bonds. The lowest BCUT2D eigenvalue weighted by Crippen LogP contribution is -2.13. The van der Waals surface area contributed by atoms with Crippen molar-refractivity contribution in [2.45, 2.75) is 24.0 Å². The molecule has 1 heterocycles. The lowest BCUT2D eigenvalue weighted by molar-refractivity contribution is 0.102. The fraction of sp³-hybridized carbons (Fsp3) is 0.200. The minimum atomic E-state index is -0.0880. The molecule has 0 atom stereocenters. The van der Waals surface area contributed by atoms with E-state index in [4.69, 9.17) is 0 Å². The zero-order valence-corrected chi connectivity index (χ0v) is 11.8. The highest BCUT2D eigenvalue weighted by molar-refractivity contribution is 8.00. The molecule has 0 unspecified atom stereocenters. The first-order valence-corrected chi connectivity index (χ1v) is 7.02. The van der Waals surface area contributed by atoms with Crippen LogP contribution in [0.3, 0.4) is 0 Å². The Balaban J connectivity index is 2.19. The van der Waals surface area contributed by atoms with Crippen molar-refractivity contribution in [2.24, 2.45) is 0 Å². The van der Waals surface area contributed by atoms with Gasteiger partial charge in [-0.25, -0.2) is 0 Å². The van der Waals surface area contributed by atoms with Crippen molar-refractivity contribution < 1.29 is 4.79 Å². The first kappa shape index (κ1) is 13.6. The molecule has 0 aliphatic rings. The Morgan fingerprint density at radius 3 is 2.53 bits per heavy atom. The number of thioether (sulfide) groups is 1. The van der Waals surface area contributed by atoms with Gasteiger partial charge in [0.2, 0.25) is 0 Å². The van der Waals surface area contributed by atoms with Crippen LogP contribution in [0.25, 0.3) is 0 Å². The Morgan fingerprint density at radius 1 is 1.16 bits per heavy atom. The third-order valence-electron chi connectivity index (χ3n) is 2.43. The quantitative estimate of drug-likeness (QED) is 0.860. The second-order valence-corrected chi connectivity index (χ2v) is 5.97. The monoisotopic (exact) mass is 272 g/mol. The van der Waals surface area contributed by atoms with Gasteiger partial charge in [0.1, 0.15) is 0 Å². The van der Waals surface area contributed by atoms with Crippen LogP contribution in [0, 0.1) is 0 Å². The zero-order valence-electron chi connectivity index (χ0n) is 11.0. The molecule has 0 aliphatic carbocycles. The third kappa shape index (κ3) is 3.83. The van der Waals surface area contributed by atoms with Crippen LogP contribution in [0.2, 0.25) is 0 Å². The van der Waals surface area contributed by atoms with Gasteiger partial charge >= 0.3 is 0 Å². The smallest absolute Gasteiger partial charge is 0.256 e. The van der Waals surface area contributed by atoms with Gasteiger partial charge in [-0.1, -0.05) is 26.0 Å². The van der Waals surface area contributed by atoms with Gasteiger partial charge in [0, 0.05) is 28.2 Å². The molecule has 0 saturated heterocycles. The second-order valence-electron chi connectivity index (χ2n) is 4.35. The van der Waals surface area contributed by atoms with Crippen molar-refractivity contribution in [1.29, 1.82) is 0 Å². The van der Waals surface area contributed by atoms with Crippen LogP contribution in [-0.4, -0.2) is 16.1 Å². The van der Waals surface area contributed by atoms with Gasteiger partial charge in [0.05, 0.1) is 5.56 Å². The summed E-state index contributed by atoms with van der Waals surface area (Å²) in [5, 5.41) is 3.32. The number of rotatable bonds is 4. The van der Waals surface area contributed by atoms with E-state index in [1.807, 2.05) is 24.3 Å². The summed E-state index contributed by atoms with van der Waals surface area (Å²) >= 11 is 1.69. The molecule has 2 rings (SSSR count). The maximum Gasteiger partial charge on any atom is 0.256 e. The molecule has 1 aromatic heterocycles. The van der Waals surface area contributed by atoms with Crippen molar-refractivity contribution in [3.8, 4) is 0 Å². The van der Waals surface area contributed by atoms with Crippen molar-refractivity contribution in [3.63, 3.8) is 0 Å². The SMILES string of the molecule is CC(C)Sc1ccccc1C(=O)Nc1ccncc1. The van der Waals surface area contributed by atoms with E-state index in [0.29, 0.717) is 10.8 Å². The molecule has 0 radical (unpaired) electrons. The molecule has 19 heavy (non-hydrogen) atoms. The van der Waals surface area contributed by atoms with Gasteiger partial charge in [-0.3, -0.25) is 9.78 Å². The van der Waals surface area contributed by atoms with Gasteiger partial charge in [0.15, 0.2) is 0 Å². The van der Waals surface area contributed by atoms with Crippen LogP contribution in [0.4, 0.5) is 5.69 Å². The maximum atomic E-state index is 12.3. The van der Waals surface area contributed by atoms with E-state index in [1.165, 1.54) is 0 Å². The molecular formula is C15H16N2OS. The molecule has 0 saturated carbocycles. The topological polar surface area (TPSA) is 42.0 Å². The predicted octanol–water partition coefficient (Wildman–Crippen LogP) is 3.83. The van der Waals surface area contributed by atoms with Crippen LogP contribution < -0.4 is 5.32 Å². The van der Waals surface area contributed by atoms with E-state index in [1.54, 1.807) is 36.3 Å². The van der Waals surface area contributed by atoms with E-state index in [9.17, 15) is 4.79 Å². The van der Waals surface area contributed by atoms with Gasteiger partial charge in [-0.15, -0.1) is 11.8 Å². The summed E-state index contributed by atoms with van der Waals surface area (Å²) in [4.78, 5) is 17.2. The number of pyridine rings is 1. The summed E-state index contributed by atoms with van der Waals surface area (Å²) in [5.74, 6) is -0.0880. The minimum absolute atomic E-state index is 0.0880. The van der Waals surface area contributed by atoms with Gasteiger partial charge in [-0.2, -0.15) is 0 Å². The van der Waals surface area contributed by atoms with E-state index in [-0.39, 0.29) is 5.91 Å². The molecule has 2 aromatic rings. The number of hydrogen-bond donors (Lipinski definition) is 1. The Bertz CT molecular complexity index is 555. The van der Waals surface area contributed by atoms with Crippen molar-refractivity contribution in [3.05, 3.63) is 54.4 Å². The largest absolute Gasteiger partial charge is 0.322 e. The third-order valence-corrected chi connectivity index (χ3v) is 3.51. The van der Waals surface area contributed by atoms with Gasteiger partial charge in [0.25, 0.3) is 5.91 Å². The molecular weight excluding hydrogens is 256 g/mol. The van der Waals surface area contributed by atoms with Crippen LogP contribution in [0.15, 0.2) is 53.7 Å². The molecule has 0 spiro atoms. The first-order chi connectivity index (χ1) is 9.16. The molecule has 0 fully saturated rings. The average Bonchev–Trinajstić information content (AvgIpc) is 2.39. The summed E-state index contributed by atoms with van der Waals surface area (Å²) in [6, 6.07) is 11.2. The molecule has 0 bridgehead atoms. The van der Waals surface area contributed by atoms with E-state index in [2.05, 4.69) is 24.1 Å².